The Labute approximate surface area is 67.8 Å². The fraction of sp³-hybridized carbons (Fsp3) is 0.222. The Morgan fingerprint density at radius 2 is 1.82 bits per heavy atom. The van der Waals surface area contributed by atoms with Gasteiger partial charge < -0.3 is 5.73 Å². The smallest absolute Gasteiger partial charge is 0.0273 e. The molecule has 1 aromatic rings. The van der Waals surface area contributed by atoms with Crippen molar-refractivity contribution in [3.05, 3.63) is 36.7 Å². The van der Waals surface area contributed by atoms with Crippen LogP contribution in [0.5, 0.6) is 0 Å². The van der Waals surface area contributed by atoms with Crippen LogP contribution < -0.4 is 5.73 Å². The normalized spacial score (nSPS) is 7.91. The third kappa shape index (κ3) is 3.53. The van der Waals surface area contributed by atoms with Gasteiger partial charge in [-0.25, -0.2) is 0 Å². The number of hydrogen-bond donors (Lipinski definition) is 1. The van der Waals surface area contributed by atoms with Crippen molar-refractivity contribution < 1.29 is 0 Å². The first-order valence-corrected chi connectivity index (χ1v) is 3.44. The first-order chi connectivity index (χ1) is 5.30. The lowest BCUT2D eigenvalue weighted by atomic mass is 10.1. The van der Waals surface area contributed by atoms with Crippen molar-refractivity contribution in [1.82, 2.24) is 4.98 Å². The summed E-state index contributed by atoms with van der Waals surface area (Å²) in [5, 5.41) is 0. The van der Waals surface area contributed by atoms with Gasteiger partial charge >= 0.3 is 0 Å². The van der Waals surface area contributed by atoms with Crippen LogP contribution in [0.3, 0.4) is 0 Å². The van der Waals surface area contributed by atoms with E-state index in [4.69, 9.17) is 0 Å². The second-order valence-corrected chi connectivity index (χ2v) is 2.02. The van der Waals surface area contributed by atoms with E-state index in [9.17, 15) is 0 Å². The molecule has 0 fully saturated rings. The summed E-state index contributed by atoms with van der Waals surface area (Å²) in [6, 6.07) is 3.89. The van der Waals surface area contributed by atoms with Crippen molar-refractivity contribution in [3.63, 3.8) is 0 Å². The molecule has 1 aromatic heterocycles. The zero-order valence-electron chi connectivity index (χ0n) is 7.04. The average molecular weight is 150 g/mol. The number of nitrogens with two attached hydrogens (primary N) is 1. The van der Waals surface area contributed by atoms with E-state index in [-0.39, 0.29) is 0 Å². The lowest BCUT2D eigenvalue weighted by molar-refractivity contribution is 1.31. The second-order valence-electron chi connectivity index (χ2n) is 2.02. The van der Waals surface area contributed by atoms with Crippen molar-refractivity contribution in [2.75, 3.05) is 7.05 Å². The molecular formula is C9H14N2. The summed E-state index contributed by atoms with van der Waals surface area (Å²) in [5.74, 6) is 0. The molecule has 1 heterocycles. The zero-order valence-corrected chi connectivity index (χ0v) is 7.04. The van der Waals surface area contributed by atoms with Crippen LogP contribution in [0.4, 0.5) is 0 Å². The van der Waals surface area contributed by atoms with Crippen LogP contribution in [-0.4, -0.2) is 12.0 Å². The zero-order chi connectivity index (χ0) is 8.69. The Kier molecular flexibility index (Phi) is 5.03. The molecule has 0 bridgehead atoms. The molecule has 0 atom stereocenters. The lowest BCUT2D eigenvalue weighted by Gasteiger charge is -1.94. The van der Waals surface area contributed by atoms with Crippen LogP contribution in [0.15, 0.2) is 31.1 Å². The highest BCUT2D eigenvalue weighted by Gasteiger charge is 1.86. The van der Waals surface area contributed by atoms with E-state index in [1.165, 1.54) is 7.05 Å². The van der Waals surface area contributed by atoms with Gasteiger partial charge in [-0.2, -0.15) is 0 Å². The van der Waals surface area contributed by atoms with Crippen molar-refractivity contribution in [2.24, 2.45) is 5.73 Å². The first kappa shape index (κ1) is 9.85. The number of nitrogens with zero attached hydrogens (tertiary/aromatic N) is 1. The summed E-state index contributed by atoms with van der Waals surface area (Å²) in [5.41, 5.74) is 6.74. The Morgan fingerprint density at radius 1 is 1.36 bits per heavy atom. The predicted octanol–water partition coefficient (Wildman–Crippen LogP) is 1.69. The molecule has 11 heavy (non-hydrogen) atoms. The number of hydrogen-bond acceptors (Lipinski definition) is 2. The summed E-state index contributed by atoms with van der Waals surface area (Å²) < 4.78 is 0. The molecule has 0 unspecified atom stereocenters. The van der Waals surface area contributed by atoms with E-state index in [2.05, 4.69) is 17.3 Å². The number of pyridine rings is 1. The molecule has 2 heteroatoms. The molecule has 0 saturated carbocycles. The molecule has 2 nitrogen and oxygen atoms in total. The van der Waals surface area contributed by atoms with E-state index in [1.807, 2.05) is 19.1 Å². The van der Waals surface area contributed by atoms with Gasteiger partial charge in [0.2, 0.25) is 0 Å². The standard InChI is InChI=1S/C8H9N.CH5N/c1-7(2)8-3-5-9-6-4-8;1-2/h3-6H,1H2,2H3;2H2,1H3. The molecule has 0 amide bonds. The van der Waals surface area contributed by atoms with Gasteiger partial charge in [-0.15, -0.1) is 0 Å². The molecule has 0 aromatic carbocycles. The van der Waals surface area contributed by atoms with Gasteiger partial charge in [0.15, 0.2) is 0 Å². The van der Waals surface area contributed by atoms with Crippen molar-refractivity contribution in [1.29, 1.82) is 0 Å². The highest BCUT2D eigenvalue weighted by Crippen LogP contribution is 2.07. The second kappa shape index (κ2) is 5.62. The average Bonchev–Trinajstić information content (AvgIpc) is 2.10. The molecule has 0 spiro atoms. The van der Waals surface area contributed by atoms with Gasteiger partial charge in [0.1, 0.15) is 0 Å². The SMILES string of the molecule is C=C(C)c1ccncc1.CN. The molecule has 0 saturated heterocycles. The molecule has 0 aliphatic carbocycles. The highest BCUT2D eigenvalue weighted by atomic mass is 14.6. The molecule has 60 valence electrons. The van der Waals surface area contributed by atoms with E-state index in [0.29, 0.717) is 0 Å². The third-order valence-electron chi connectivity index (χ3n) is 1.17. The summed E-state index contributed by atoms with van der Waals surface area (Å²) in [4.78, 5) is 3.89. The van der Waals surface area contributed by atoms with Crippen LogP contribution in [0.2, 0.25) is 0 Å². The molecule has 0 aliphatic heterocycles. The maximum absolute atomic E-state index is 4.50. The fourth-order valence-corrected chi connectivity index (χ4v) is 0.636. The van der Waals surface area contributed by atoms with Gasteiger partial charge in [0.05, 0.1) is 0 Å². The minimum atomic E-state index is 1.08. The molecule has 2 N–H and O–H groups in total. The molecule has 1 rings (SSSR count). The summed E-state index contributed by atoms with van der Waals surface area (Å²) in [6.07, 6.45) is 3.54. The number of rotatable bonds is 1. The van der Waals surface area contributed by atoms with E-state index >= 15 is 0 Å². The first-order valence-electron chi connectivity index (χ1n) is 3.44. The quantitative estimate of drug-likeness (QED) is 0.661. The van der Waals surface area contributed by atoms with Gasteiger partial charge in [-0.3, -0.25) is 4.98 Å². The van der Waals surface area contributed by atoms with Gasteiger partial charge in [0.25, 0.3) is 0 Å². The minimum absolute atomic E-state index is 1.08. The maximum atomic E-state index is 4.50. The molecular weight excluding hydrogens is 136 g/mol. The number of allylic oxidation sites excluding steroid dienone is 1. The van der Waals surface area contributed by atoms with E-state index in [1.54, 1.807) is 12.4 Å². The lowest BCUT2D eigenvalue weighted by Crippen LogP contribution is -1.75. The van der Waals surface area contributed by atoms with Crippen molar-refractivity contribution >= 4 is 5.57 Å². The maximum Gasteiger partial charge on any atom is 0.0273 e. The predicted molar refractivity (Wildman–Crippen MR) is 49.1 cm³/mol. The van der Waals surface area contributed by atoms with E-state index < -0.39 is 0 Å². The molecule has 0 radical (unpaired) electrons. The van der Waals surface area contributed by atoms with Crippen LogP contribution in [-0.2, 0) is 0 Å². The monoisotopic (exact) mass is 150 g/mol. The van der Waals surface area contributed by atoms with Crippen LogP contribution >= 0.6 is 0 Å². The van der Waals surface area contributed by atoms with E-state index in [0.717, 1.165) is 11.1 Å². The summed E-state index contributed by atoms with van der Waals surface area (Å²) in [7, 11) is 1.50. The van der Waals surface area contributed by atoms with Gasteiger partial charge in [0, 0.05) is 12.4 Å². The largest absolute Gasteiger partial charge is 0.333 e. The molecule has 0 aliphatic rings. The Balaban J connectivity index is 0.000000461. The van der Waals surface area contributed by atoms with Crippen LogP contribution in [0, 0.1) is 0 Å². The van der Waals surface area contributed by atoms with Crippen LogP contribution in [0.25, 0.3) is 5.57 Å². The minimum Gasteiger partial charge on any atom is -0.333 e. The number of aromatic nitrogens is 1. The summed E-state index contributed by atoms with van der Waals surface area (Å²) >= 11 is 0. The highest BCUT2D eigenvalue weighted by molar-refractivity contribution is 5.60. The van der Waals surface area contributed by atoms with Gasteiger partial charge in [-0.05, 0) is 31.7 Å². The fourth-order valence-electron chi connectivity index (χ4n) is 0.636. The Bertz CT molecular complexity index is 204. The third-order valence-corrected chi connectivity index (χ3v) is 1.17. The van der Waals surface area contributed by atoms with Gasteiger partial charge in [-0.1, -0.05) is 12.2 Å². The van der Waals surface area contributed by atoms with Crippen molar-refractivity contribution in [3.8, 4) is 0 Å². The topological polar surface area (TPSA) is 38.9 Å². The Hall–Kier alpha value is -1.15. The Morgan fingerprint density at radius 3 is 2.09 bits per heavy atom. The van der Waals surface area contributed by atoms with Crippen molar-refractivity contribution in [2.45, 2.75) is 6.92 Å². The summed E-state index contributed by atoms with van der Waals surface area (Å²) in [6.45, 7) is 5.78. The van der Waals surface area contributed by atoms with Crippen LogP contribution in [0.1, 0.15) is 12.5 Å².